The summed E-state index contributed by atoms with van der Waals surface area (Å²) < 4.78 is 0. The van der Waals surface area contributed by atoms with Crippen molar-refractivity contribution in [3.63, 3.8) is 0 Å². The molecule has 1 aliphatic heterocycles. The number of amides is 2. The Hall–Kier alpha value is -1.14. The summed E-state index contributed by atoms with van der Waals surface area (Å²) in [6.45, 7) is 8.10. The molecule has 0 radical (unpaired) electrons. The first-order valence-corrected chi connectivity index (χ1v) is 8.79. The molecule has 1 saturated heterocycles. The van der Waals surface area contributed by atoms with E-state index in [0.717, 1.165) is 56.0 Å². The van der Waals surface area contributed by atoms with Gasteiger partial charge in [0.25, 0.3) is 0 Å². The van der Waals surface area contributed by atoms with Crippen LogP contribution in [0.1, 0.15) is 37.4 Å². The lowest BCUT2D eigenvalue weighted by Gasteiger charge is -2.32. The van der Waals surface area contributed by atoms with Gasteiger partial charge in [-0.3, -0.25) is 0 Å². The van der Waals surface area contributed by atoms with E-state index in [1.807, 2.05) is 0 Å². The van der Waals surface area contributed by atoms with Crippen molar-refractivity contribution in [2.24, 2.45) is 0 Å². The fourth-order valence-electron chi connectivity index (χ4n) is 2.63. The van der Waals surface area contributed by atoms with Crippen LogP contribution in [0.4, 0.5) is 4.79 Å². The number of thiazole rings is 1. The SMILES string of the molecule is CCc1nc(CCNC(=O)N[C@H]2CCCN(CC)C2)cs1. The summed E-state index contributed by atoms with van der Waals surface area (Å²) in [7, 11) is 0. The molecule has 2 amide bonds. The third-order valence-corrected chi connectivity index (χ3v) is 4.90. The number of carbonyl (C=O) groups is 1. The van der Waals surface area contributed by atoms with Crippen molar-refractivity contribution in [3.05, 3.63) is 16.1 Å². The van der Waals surface area contributed by atoms with Crippen molar-refractivity contribution in [3.8, 4) is 0 Å². The molecule has 1 aromatic rings. The van der Waals surface area contributed by atoms with E-state index in [4.69, 9.17) is 0 Å². The average molecular weight is 310 g/mol. The van der Waals surface area contributed by atoms with Gasteiger partial charge in [0.05, 0.1) is 10.7 Å². The van der Waals surface area contributed by atoms with Gasteiger partial charge in [-0.1, -0.05) is 13.8 Å². The number of hydrogen-bond acceptors (Lipinski definition) is 4. The Bertz CT molecular complexity index is 449. The monoisotopic (exact) mass is 310 g/mol. The lowest BCUT2D eigenvalue weighted by atomic mass is 10.1. The molecule has 0 bridgehead atoms. The van der Waals surface area contributed by atoms with Crippen LogP contribution in [-0.4, -0.2) is 48.1 Å². The minimum atomic E-state index is -0.0519. The highest BCUT2D eigenvalue weighted by Gasteiger charge is 2.19. The van der Waals surface area contributed by atoms with Crippen LogP contribution in [0.25, 0.3) is 0 Å². The van der Waals surface area contributed by atoms with Gasteiger partial charge in [-0.15, -0.1) is 11.3 Å². The Balaban J connectivity index is 1.65. The lowest BCUT2D eigenvalue weighted by Crippen LogP contribution is -2.50. The summed E-state index contributed by atoms with van der Waals surface area (Å²) in [4.78, 5) is 18.8. The maximum Gasteiger partial charge on any atom is 0.315 e. The Morgan fingerprint density at radius 1 is 1.52 bits per heavy atom. The zero-order chi connectivity index (χ0) is 15.1. The number of nitrogens with zero attached hydrogens (tertiary/aromatic N) is 2. The highest BCUT2D eigenvalue weighted by atomic mass is 32.1. The topological polar surface area (TPSA) is 57.3 Å². The summed E-state index contributed by atoms with van der Waals surface area (Å²) in [6, 6.07) is 0.230. The van der Waals surface area contributed by atoms with Gasteiger partial charge >= 0.3 is 6.03 Å². The van der Waals surface area contributed by atoms with E-state index in [0.29, 0.717) is 6.54 Å². The Morgan fingerprint density at radius 3 is 3.10 bits per heavy atom. The van der Waals surface area contributed by atoms with Crippen molar-refractivity contribution in [1.29, 1.82) is 0 Å². The Morgan fingerprint density at radius 2 is 2.38 bits per heavy atom. The highest BCUT2D eigenvalue weighted by Crippen LogP contribution is 2.10. The molecule has 1 aromatic heterocycles. The second kappa shape index (κ2) is 8.34. The van der Waals surface area contributed by atoms with E-state index < -0.39 is 0 Å². The molecule has 6 heteroatoms. The Kier molecular flexibility index (Phi) is 6.45. The highest BCUT2D eigenvalue weighted by molar-refractivity contribution is 7.09. The number of likely N-dealkylation sites (tertiary alicyclic amines) is 1. The molecule has 0 spiro atoms. The summed E-state index contributed by atoms with van der Waals surface area (Å²) >= 11 is 1.69. The number of hydrogen-bond donors (Lipinski definition) is 2. The Labute approximate surface area is 131 Å². The molecule has 118 valence electrons. The van der Waals surface area contributed by atoms with E-state index in [1.54, 1.807) is 11.3 Å². The summed E-state index contributed by atoms with van der Waals surface area (Å²) in [5, 5.41) is 9.26. The molecule has 0 aliphatic carbocycles. The number of nitrogens with one attached hydrogen (secondary N) is 2. The average Bonchev–Trinajstić information content (AvgIpc) is 2.95. The van der Waals surface area contributed by atoms with Gasteiger partial charge in [-0.25, -0.2) is 9.78 Å². The molecule has 1 fully saturated rings. The molecule has 0 saturated carbocycles. The molecule has 0 unspecified atom stereocenters. The van der Waals surface area contributed by atoms with E-state index in [1.165, 1.54) is 0 Å². The van der Waals surface area contributed by atoms with Gasteiger partial charge in [-0.2, -0.15) is 0 Å². The fourth-order valence-corrected chi connectivity index (χ4v) is 3.41. The van der Waals surface area contributed by atoms with Crippen LogP contribution in [0.15, 0.2) is 5.38 Å². The number of urea groups is 1. The largest absolute Gasteiger partial charge is 0.338 e. The quantitative estimate of drug-likeness (QED) is 0.845. The minimum absolute atomic E-state index is 0.0519. The lowest BCUT2D eigenvalue weighted by molar-refractivity contribution is 0.192. The van der Waals surface area contributed by atoms with Crippen LogP contribution in [0.2, 0.25) is 0 Å². The van der Waals surface area contributed by atoms with E-state index in [9.17, 15) is 4.79 Å². The fraction of sp³-hybridized carbons (Fsp3) is 0.733. The summed E-state index contributed by atoms with van der Waals surface area (Å²) in [5.41, 5.74) is 1.08. The second-order valence-corrected chi connectivity index (χ2v) is 6.41. The second-order valence-electron chi connectivity index (χ2n) is 5.47. The van der Waals surface area contributed by atoms with Gasteiger partial charge in [-0.05, 0) is 32.4 Å². The van der Waals surface area contributed by atoms with Gasteiger partial charge in [0.2, 0.25) is 0 Å². The van der Waals surface area contributed by atoms with Crippen LogP contribution in [-0.2, 0) is 12.8 Å². The summed E-state index contributed by atoms with van der Waals surface area (Å²) in [6.07, 6.45) is 4.02. The molecule has 1 aliphatic rings. The first-order chi connectivity index (χ1) is 10.2. The molecule has 2 N–H and O–H groups in total. The molecule has 5 nitrogen and oxygen atoms in total. The van der Waals surface area contributed by atoms with E-state index in [2.05, 4.69) is 39.7 Å². The van der Waals surface area contributed by atoms with Crippen molar-refractivity contribution in [1.82, 2.24) is 20.5 Å². The molecular formula is C15H26N4OS. The number of aromatic nitrogens is 1. The molecule has 1 atom stereocenters. The predicted octanol–water partition coefficient (Wildman–Crippen LogP) is 2.03. The van der Waals surface area contributed by atoms with Gasteiger partial charge in [0.1, 0.15) is 0 Å². The molecule has 2 heterocycles. The molecular weight excluding hydrogens is 284 g/mol. The zero-order valence-electron chi connectivity index (χ0n) is 13.0. The molecule has 2 rings (SSSR count). The van der Waals surface area contributed by atoms with E-state index in [-0.39, 0.29) is 12.1 Å². The number of aryl methyl sites for hydroxylation is 1. The van der Waals surface area contributed by atoms with Crippen LogP contribution in [0.3, 0.4) is 0 Å². The van der Waals surface area contributed by atoms with Crippen molar-refractivity contribution < 1.29 is 4.79 Å². The van der Waals surface area contributed by atoms with Crippen molar-refractivity contribution >= 4 is 17.4 Å². The van der Waals surface area contributed by atoms with Gasteiger partial charge in [0, 0.05) is 30.9 Å². The van der Waals surface area contributed by atoms with Crippen molar-refractivity contribution in [2.45, 2.75) is 45.6 Å². The predicted molar refractivity (Wildman–Crippen MR) is 86.9 cm³/mol. The minimum Gasteiger partial charge on any atom is -0.338 e. The van der Waals surface area contributed by atoms with Crippen LogP contribution >= 0.6 is 11.3 Å². The zero-order valence-corrected chi connectivity index (χ0v) is 13.8. The maximum absolute atomic E-state index is 11.9. The van der Waals surface area contributed by atoms with Crippen molar-refractivity contribution in [2.75, 3.05) is 26.2 Å². The normalized spacial score (nSPS) is 19.4. The molecule has 21 heavy (non-hydrogen) atoms. The number of rotatable bonds is 6. The summed E-state index contributed by atoms with van der Waals surface area (Å²) in [5.74, 6) is 0. The number of carbonyl (C=O) groups excluding carboxylic acids is 1. The smallest absolute Gasteiger partial charge is 0.315 e. The van der Waals surface area contributed by atoms with E-state index >= 15 is 0 Å². The number of piperidine rings is 1. The van der Waals surface area contributed by atoms with Crippen LogP contribution in [0, 0.1) is 0 Å². The third kappa shape index (κ3) is 5.28. The van der Waals surface area contributed by atoms with Crippen LogP contribution in [0.5, 0.6) is 0 Å². The first-order valence-electron chi connectivity index (χ1n) is 7.91. The molecule has 0 aromatic carbocycles. The standard InChI is InChI=1S/C15H26N4OS/c1-3-14-17-13(11-21-14)7-8-16-15(20)18-12-6-5-9-19(4-2)10-12/h11-12H,3-10H2,1-2H3,(H2,16,18,20)/t12-/m0/s1. The van der Waals surface area contributed by atoms with Crippen LogP contribution < -0.4 is 10.6 Å². The van der Waals surface area contributed by atoms with Gasteiger partial charge < -0.3 is 15.5 Å². The number of likely N-dealkylation sites (N-methyl/N-ethyl adjacent to an activating group) is 1. The third-order valence-electron chi connectivity index (χ3n) is 3.86. The first kappa shape index (κ1) is 16.2. The van der Waals surface area contributed by atoms with Gasteiger partial charge in [0.15, 0.2) is 0 Å². The maximum atomic E-state index is 11.9.